The topological polar surface area (TPSA) is 153 Å². The molecule has 132 heavy (non-hydrogen) atoms. The number of nitrogens with zero attached hydrogens (tertiary/aromatic N) is 1. The van der Waals surface area contributed by atoms with Crippen molar-refractivity contribution in [3.63, 3.8) is 0 Å². The molecule has 0 radical (unpaired) electrons. The molecule has 4 aliphatic rings. The van der Waals surface area contributed by atoms with Crippen LogP contribution in [-0.2, 0) is 0 Å². The highest BCUT2D eigenvalue weighted by Gasteiger charge is 2.37. The average molecular weight is 1820 g/mol. The van der Waals surface area contributed by atoms with E-state index >= 15 is 0 Å². The fourth-order valence-electron chi connectivity index (χ4n) is 17.0. The summed E-state index contributed by atoms with van der Waals surface area (Å²) in [6, 6.07) is 106. The van der Waals surface area contributed by atoms with Crippen molar-refractivity contribution in [2.75, 3.05) is 61.7 Å². The van der Waals surface area contributed by atoms with E-state index in [1.165, 1.54) is 22.3 Å². The summed E-state index contributed by atoms with van der Waals surface area (Å²) in [6.45, 7) is 16.2. The molecule has 4 unspecified atom stereocenters. The first-order valence-electron chi connectivity index (χ1n) is 43.2. The lowest BCUT2D eigenvalue weighted by atomic mass is 9.95. The second-order valence-corrected chi connectivity index (χ2v) is 37.8. The minimum Gasteiger partial charge on any atom is -0.507 e. The van der Waals surface area contributed by atoms with Crippen molar-refractivity contribution in [3.05, 3.63) is 360 Å². The standard InChI is InChI=1S/C29H27O5P.C29H27O3P.C28H25O5P.C26H22NO2P/c1-18-14-20(30-3)16-24(28(18)32-5)25-17-21(31-4)15-19(2)29(25)34-35-27-13-9-7-11-23(27)22-10-6-8-12-26(22)33-35;1-18-14-20(3)28(30-5)24(16-18)25-17-19(2)15-21(4)29(25)32-33-27-13-9-7-11-23(27)22-10-6-8-12-26(22)31-33;1-17-13-19(30-3)15-23(27(17)29)24-16-20(31-4)14-18(2)28(24)33-34-26-12-8-6-10-22(26)21-9-5-7-11-25(21)32-34;1-27(2)23-15-7-3-11-19(23)20-12-4-8-16-24(20)28-30-26-18-10-6-14-22(26)21-13-5-9-17-25(21)29-30/h6-17H,1-5H3;6-17H,1-5H3;5-16,29H,1-4H3;3-18H,1-2H3. The van der Waals surface area contributed by atoms with E-state index in [-0.39, 0.29) is 5.75 Å². The first kappa shape index (κ1) is 90.0. The zero-order valence-corrected chi connectivity index (χ0v) is 80.0. The van der Waals surface area contributed by atoms with E-state index in [9.17, 15) is 5.11 Å². The smallest absolute Gasteiger partial charge is 0.326 e. The lowest BCUT2D eigenvalue weighted by molar-refractivity contribution is 0.401. The summed E-state index contributed by atoms with van der Waals surface area (Å²) in [7, 11) is 8.52. The number of fused-ring (bicyclic) bond motifs is 12. The highest BCUT2D eigenvalue weighted by molar-refractivity contribution is 7.58. The molecular weight excluding hydrogens is 1720 g/mol. The van der Waals surface area contributed by atoms with Gasteiger partial charge < -0.3 is 74.6 Å². The summed E-state index contributed by atoms with van der Waals surface area (Å²) in [5.41, 5.74) is 25.4. The number of phenols is 1. The van der Waals surface area contributed by atoms with Gasteiger partial charge in [-0.2, -0.15) is 0 Å². The van der Waals surface area contributed by atoms with Crippen LogP contribution in [0.4, 0.5) is 5.69 Å². The van der Waals surface area contributed by atoms with Gasteiger partial charge >= 0.3 is 33.5 Å². The van der Waals surface area contributed by atoms with Gasteiger partial charge in [0, 0.05) is 86.5 Å². The van der Waals surface area contributed by atoms with E-state index in [4.69, 9.17) is 64.6 Å². The molecule has 16 aromatic rings. The van der Waals surface area contributed by atoms with Crippen LogP contribution in [0.1, 0.15) is 44.5 Å². The Labute approximate surface area is 777 Å². The van der Waals surface area contributed by atoms with Crippen molar-refractivity contribution in [2.24, 2.45) is 0 Å². The van der Waals surface area contributed by atoms with Crippen LogP contribution in [-0.4, -0.2) is 61.9 Å². The van der Waals surface area contributed by atoms with E-state index in [2.05, 4.69) is 180 Å². The molecule has 0 fully saturated rings. The minimum atomic E-state index is -1.47. The summed E-state index contributed by atoms with van der Waals surface area (Å²) >= 11 is 0. The van der Waals surface area contributed by atoms with Crippen molar-refractivity contribution in [2.45, 2.75) is 55.4 Å². The number of methoxy groups -OCH3 is 6. The predicted octanol–water partition coefficient (Wildman–Crippen LogP) is 28.0. The molecule has 0 aromatic heterocycles. The fourth-order valence-corrected chi connectivity index (χ4v) is 23.2. The molecule has 16 aromatic carbocycles. The van der Waals surface area contributed by atoms with E-state index in [0.29, 0.717) is 33.9 Å². The van der Waals surface area contributed by atoms with Gasteiger partial charge in [-0.05, 0) is 243 Å². The number of hydrogen-bond donors (Lipinski definition) is 1. The number of ether oxygens (including phenoxy) is 6. The van der Waals surface area contributed by atoms with Gasteiger partial charge in [-0.3, -0.25) is 0 Å². The van der Waals surface area contributed by atoms with Crippen LogP contribution < -0.4 is 90.7 Å². The second kappa shape index (κ2) is 39.8. The zero-order chi connectivity index (χ0) is 92.0. The molecule has 0 aliphatic carbocycles. The lowest BCUT2D eigenvalue weighted by Crippen LogP contribution is -2.17. The van der Waals surface area contributed by atoms with Gasteiger partial charge in [-0.1, -0.05) is 194 Å². The van der Waals surface area contributed by atoms with Gasteiger partial charge in [0.25, 0.3) is 0 Å². The van der Waals surface area contributed by atoms with Crippen molar-refractivity contribution in [1.82, 2.24) is 0 Å². The maximum atomic E-state index is 11.0. The van der Waals surface area contributed by atoms with Crippen LogP contribution in [0.2, 0.25) is 0 Å². The van der Waals surface area contributed by atoms with Gasteiger partial charge in [0.15, 0.2) is 0 Å². The molecule has 4 atom stereocenters. The number of anilines is 1. The van der Waals surface area contributed by atoms with Crippen LogP contribution >= 0.6 is 33.5 Å². The van der Waals surface area contributed by atoms with Crippen LogP contribution in [0, 0.1) is 55.4 Å². The number of phenolic OH excluding ortho intramolecular Hbond substituents is 1. The number of aromatic hydroxyl groups is 1. The largest absolute Gasteiger partial charge is 0.507 e. The van der Waals surface area contributed by atoms with Crippen molar-refractivity contribution < 1.29 is 69.7 Å². The molecule has 0 amide bonds. The zero-order valence-electron chi connectivity index (χ0n) is 76.4. The molecule has 16 nitrogen and oxygen atoms in total. The Bertz CT molecular complexity index is 7000. The van der Waals surface area contributed by atoms with Crippen LogP contribution in [0.3, 0.4) is 0 Å². The Balaban J connectivity index is 0.000000123. The van der Waals surface area contributed by atoms with Crippen LogP contribution in [0.5, 0.6) is 86.2 Å². The molecule has 0 spiro atoms. The third-order valence-electron chi connectivity index (χ3n) is 23.2. The maximum absolute atomic E-state index is 11.0. The molecule has 1 N–H and O–H groups in total. The predicted molar refractivity (Wildman–Crippen MR) is 539 cm³/mol. The molecular formula is C112H101NO15P4. The second-order valence-electron chi connectivity index (χ2n) is 32.3. The molecule has 20 rings (SSSR count). The Morgan fingerprint density at radius 3 is 0.848 bits per heavy atom. The third-order valence-corrected chi connectivity index (χ3v) is 29.2. The quantitative estimate of drug-likeness (QED) is 0.0763. The van der Waals surface area contributed by atoms with Crippen molar-refractivity contribution in [3.8, 4) is 175 Å². The Morgan fingerprint density at radius 1 is 0.227 bits per heavy atom. The Hall–Kier alpha value is -14.0. The van der Waals surface area contributed by atoms with Gasteiger partial charge in [-0.15, -0.1) is 0 Å². The van der Waals surface area contributed by atoms with Crippen LogP contribution in [0.15, 0.2) is 315 Å². The fraction of sp³-hybridized carbons (Fsp3) is 0.143. The number of rotatable bonds is 19. The summed E-state index contributed by atoms with van der Waals surface area (Å²) in [4.78, 5) is 2.13. The molecule has 4 aliphatic heterocycles. The summed E-state index contributed by atoms with van der Waals surface area (Å²) in [5, 5.41) is 15.2. The average Bonchev–Trinajstić information content (AvgIpc) is 0.759. The maximum Gasteiger partial charge on any atom is 0.326 e. The van der Waals surface area contributed by atoms with Crippen molar-refractivity contribution >= 4 is 60.4 Å². The monoisotopic (exact) mass is 1820 g/mol. The summed E-state index contributed by atoms with van der Waals surface area (Å²) in [6.07, 6.45) is 0. The third kappa shape index (κ3) is 18.5. The normalized spacial score (nSPS) is 14.0. The number of aryl methyl sites for hydroxylation is 8. The summed E-state index contributed by atoms with van der Waals surface area (Å²) in [5.74, 6) is 10.9. The lowest BCUT2D eigenvalue weighted by Gasteiger charge is -2.28. The highest BCUT2D eigenvalue weighted by Crippen LogP contribution is 2.59. The highest BCUT2D eigenvalue weighted by atomic mass is 31.2. The molecule has 4 heterocycles. The summed E-state index contributed by atoms with van der Waals surface area (Å²) < 4.78 is 86.3. The van der Waals surface area contributed by atoms with Crippen LogP contribution in [0.25, 0.3) is 89.0 Å². The molecule has 0 saturated heterocycles. The first-order valence-corrected chi connectivity index (χ1v) is 47.9. The van der Waals surface area contributed by atoms with E-state index < -0.39 is 33.5 Å². The van der Waals surface area contributed by atoms with E-state index in [0.717, 1.165) is 185 Å². The number of benzene rings is 16. The first-order chi connectivity index (χ1) is 64.2. The number of hydrogen-bond acceptors (Lipinski definition) is 16. The van der Waals surface area contributed by atoms with Crippen molar-refractivity contribution in [1.29, 1.82) is 0 Å². The Morgan fingerprint density at radius 2 is 0.485 bits per heavy atom. The van der Waals surface area contributed by atoms with Gasteiger partial charge in [0.05, 0.1) is 63.9 Å². The molecule has 664 valence electrons. The van der Waals surface area contributed by atoms with E-state index in [1.807, 2.05) is 204 Å². The molecule has 0 saturated carbocycles. The minimum absolute atomic E-state index is 0.168. The number of para-hydroxylation sites is 6. The van der Waals surface area contributed by atoms with Gasteiger partial charge in [-0.25, -0.2) is 0 Å². The molecule has 0 bridgehead atoms. The van der Waals surface area contributed by atoms with E-state index in [1.54, 1.807) is 48.7 Å². The SMILES string of the molecule is CN(C)c1ccccc1-c1ccccc1OP1Oc2ccccc2-c2ccccc21.COc1c(C)cc(C)cc1-c1cc(C)cc(C)c1OP1Oc2ccccc2-c2ccccc21.COc1cc(C)c(O)c(-c2cc(OC)cc(C)c2OP2Oc3ccccc3-c3ccccc32)c1.COc1cc(C)c(OC)c(-c2cc(OC)cc(C)c2OP2Oc3ccccc3-c3ccccc32)c1. The molecule has 20 heteroatoms. The Kier molecular flexibility index (Phi) is 27.1. The van der Waals surface area contributed by atoms with Gasteiger partial charge in [0.2, 0.25) is 0 Å². The van der Waals surface area contributed by atoms with Gasteiger partial charge in [0.1, 0.15) is 86.2 Å².